The van der Waals surface area contributed by atoms with E-state index in [0.29, 0.717) is 6.04 Å². The maximum Gasteiger partial charge on any atom is 0.128 e. The standard InChI is InChI=1S/C17H25NO2/c1-3-19-17-15(18-2)11-16(17)20-14-9-8-12-6-4-5-7-13(12)10-14/h8-10,15-18H,3-7,11H2,1-2H3. The third-order valence-corrected chi connectivity index (χ3v) is 4.59. The summed E-state index contributed by atoms with van der Waals surface area (Å²) < 4.78 is 11.9. The van der Waals surface area contributed by atoms with Gasteiger partial charge in [0.25, 0.3) is 0 Å². The van der Waals surface area contributed by atoms with Crippen LogP contribution in [0.1, 0.15) is 37.3 Å². The molecule has 0 spiro atoms. The first-order valence-corrected chi connectivity index (χ1v) is 7.89. The molecule has 0 radical (unpaired) electrons. The molecule has 1 saturated carbocycles. The van der Waals surface area contributed by atoms with Crippen molar-refractivity contribution in [2.75, 3.05) is 13.7 Å². The normalized spacial score (nSPS) is 28.6. The zero-order valence-electron chi connectivity index (χ0n) is 12.5. The van der Waals surface area contributed by atoms with E-state index < -0.39 is 0 Å². The van der Waals surface area contributed by atoms with Crippen molar-refractivity contribution in [3.8, 4) is 5.75 Å². The summed E-state index contributed by atoms with van der Waals surface area (Å²) in [5, 5.41) is 3.30. The number of ether oxygens (including phenoxy) is 2. The van der Waals surface area contributed by atoms with E-state index in [0.717, 1.165) is 18.8 Å². The van der Waals surface area contributed by atoms with Gasteiger partial charge >= 0.3 is 0 Å². The van der Waals surface area contributed by atoms with E-state index in [4.69, 9.17) is 9.47 Å². The van der Waals surface area contributed by atoms with Crippen LogP contribution in [-0.2, 0) is 17.6 Å². The van der Waals surface area contributed by atoms with Crippen molar-refractivity contribution in [1.82, 2.24) is 5.32 Å². The monoisotopic (exact) mass is 275 g/mol. The van der Waals surface area contributed by atoms with Crippen LogP contribution in [0.25, 0.3) is 0 Å². The number of aryl methyl sites for hydroxylation is 2. The van der Waals surface area contributed by atoms with Gasteiger partial charge in [0.2, 0.25) is 0 Å². The third-order valence-electron chi connectivity index (χ3n) is 4.59. The van der Waals surface area contributed by atoms with Gasteiger partial charge in [-0.3, -0.25) is 0 Å². The second-order valence-electron chi connectivity index (χ2n) is 5.84. The van der Waals surface area contributed by atoms with Crippen LogP contribution in [0.5, 0.6) is 5.75 Å². The molecule has 0 saturated heterocycles. The number of rotatable bonds is 5. The number of hydrogen-bond acceptors (Lipinski definition) is 3. The van der Waals surface area contributed by atoms with Crippen LogP contribution < -0.4 is 10.1 Å². The first-order chi connectivity index (χ1) is 9.81. The molecule has 0 amide bonds. The van der Waals surface area contributed by atoms with Gasteiger partial charge in [0.05, 0.1) is 0 Å². The van der Waals surface area contributed by atoms with E-state index in [-0.39, 0.29) is 12.2 Å². The fourth-order valence-corrected chi connectivity index (χ4v) is 3.35. The van der Waals surface area contributed by atoms with Crippen LogP contribution >= 0.6 is 0 Å². The van der Waals surface area contributed by atoms with Gasteiger partial charge < -0.3 is 14.8 Å². The highest BCUT2D eigenvalue weighted by atomic mass is 16.5. The largest absolute Gasteiger partial charge is 0.488 e. The lowest BCUT2D eigenvalue weighted by Crippen LogP contribution is -2.60. The Kier molecular flexibility index (Phi) is 4.27. The quantitative estimate of drug-likeness (QED) is 0.896. The van der Waals surface area contributed by atoms with Crippen LogP contribution in [0, 0.1) is 0 Å². The number of benzene rings is 1. The molecule has 3 heteroatoms. The fraction of sp³-hybridized carbons (Fsp3) is 0.647. The SMILES string of the molecule is CCOC1C(NC)CC1Oc1ccc2c(c1)CCCC2. The van der Waals surface area contributed by atoms with E-state index in [1.165, 1.54) is 36.8 Å². The molecular weight excluding hydrogens is 250 g/mol. The average Bonchev–Trinajstić information content (AvgIpc) is 2.48. The second kappa shape index (κ2) is 6.15. The van der Waals surface area contributed by atoms with E-state index in [9.17, 15) is 0 Å². The van der Waals surface area contributed by atoms with Crippen molar-refractivity contribution in [2.24, 2.45) is 0 Å². The zero-order valence-corrected chi connectivity index (χ0v) is 12.5. The van der Waals surface area contributed by atoms with Crippen LogP contribution in [-0.4, -0.2) is 31.9 Å². The predicted octanol–water partition coefficient (Wildman–Crippen LogP) is 2.71. The van der Waals surface area contributed by atoms with Crippen molar-refractivity contribution >= 4 is 0 Å². The molecule has 0 bridgehead atoms. The summed E-state index contributed by atoms with van der Waals surface area (Å²) in [7, 11) is 1.99. The zero-order chi connectivity index (χ0) is 13.9. The number of fused-ring (bicyclic) bond motifs is 1. The lowest BCUT2D eigenvalue weighted by molar-refractivity contribution is -0.103. The molecule has 0 aliphatic heterocycles. The van der Waals surface area contributed by atoms with Gasteiger partial charge in [0.15, 0.2) is 0 Å². The van der Waals surface area contributed by atoms with Crippen LogP contribution in [0.4, 0.5) is 0 Å². The summed E-state index contributed by atoms with van der Waals surface area (Å²) >= 11 is 0. The highest BCUT2D eigenvalue weighted by Crippen LogP contribution is 2.31. The average molecular weight is 275 g/mol. The van der Waals surface area contributed by atoms with Crippen molar-refractivity contribution in [3.05, 3.63) is 29.3 Å². The third kappa shape index (κ3) is 2.70. The summed E-state index contributed by atoms with van der Waals surface area (Å²) in [5.41, 5.74) is 2.98. The van der Waals surface area contributed by atoms with Gasteiger partial charge in [-0.05, 0) is 62.9 Å². The molecule has 1 N–H and O–H groups in total. The summed E-state index contributed by atoms with van der Waals surface area (Å²) in [6, 6.07) is 7.04. The maximum absolute atomic E-state index is 6.15. The first kappa shape index (κ1) is 13.9. The molecular formula is C17H25NO2. The summed E-state index contributed by atoms with van der Waals surface area (Å²) in [4.78, 5) is 0. The topological polar surface area (TPSA) is 30.5 Å². The lowest BCUT2D eigenvalue weighted by Gasteiger charge is -2.43. The molecule has 0 heterocycles. The Balaban J connectivity index is 1.66. The maximum atomic E-state index is 6.15. The van der Waals surface area contributed by atoms with Gasteiger partial charge in [-0.1, -0.05) is 6.07 Å². The lowest BCUT2D eigenvalue weighted by atomic mass is 9.85. The highest BCUT2D eigenvalue weighted by molar-refractivity contribution is 5.37. The Morgan fingerprint density at radius 3 is 2.75 bits per heavy atom. The predicted molar refractivity (Wildman–Crippen MR) is 80.4 cm³/mol. The second-order valence-corrected chi connectivity index (χ2v) is 5.84. The molecule has 2 aliphatic carbocycles. The first-order valence-electron chi connectivity index (χ1n) is 7.89. The molecule has 1 fully saturated rings. The molecule has 0 aromatic heterocycles. The van der Waals surface area contributed by atoms with E-state index in [1.54, 1.807) is 0 Å². The Bertz CT molecular complexity index is 460. The Morgan fingerprint density at radius 2 is 2.00 bits per heavy atom. The Morgan fingerprint density at radius 1 is 1.20 bits per heavy atom. The minimum Gasteiger partial charge on any atom is -0.488 e. The van der Waals surface area contributed by atoms with Gasteiger partial charge in [0.1, 0.15) is 18.0 Å². The van der Waals surface area contributed by atoms with E-state index >= 15 is 0 Å². The minimum absolute atomic E-state index is 0.182. The van der Waals surface area contributed by atoms with Crippen molar-refractivity contribution in [2.45, 2.75) is 57.3 Å². The molecule has 1 aromatic rings. The van der Waals surface area contributed by atoms with Crippen LogP contribution in [0.15, 0.2) is 18.2 Å². The van der Waals surface area contributed by atoms with E-state index in [2.05, 4.69) is 23.5 Å². The van der Waals surface area contributed by atoms with Crippen molar-refractivity contribution in [3.63, 3.8) is 0 Å². The number of nitrogens with one attached hydrogen (secondary N) is 1. The molecule has 3 unspecified atom stereocenters. The summed E-state index contributed by atoms with van der Waals surface area (Å²) in [5.74, 6) is 1.01. The molecule has 3 nitrogen and oxygen atoms in total. The van der Waals surface area contributed by atoms with Crippen molar-refractivity contribution in [1.29, 1.82) is 0 Å². The van der Waals surface area contributed by atoms with Crippen LogP contribution in [0.3, 0.4) is 0 Å². The Hall–Kier alpha value is -1.06. The highest BCUT2D eigenvalue weighted by Gasteiger charge is 2.42. The number of hydrogen-bond donors (Lipinski definition) is 1. The van der Waals surface area contributed by atoms with Gasteiger partial charge in [-0.15, -0.1) is 0 Å². The number of likely N-dealkylation sites (N-methyl/N-ethyl adjacent to an activating group) is 1. The van der Waals surface area contributed by atoms with Gasteiger partial charge in [-0.25, -0.2) is 0 Å². The molecule has 2 aliphatic rings. The molecule has 3 rings (SSSR count). The van der Waals surface area contributed by atoms with Crippen molar-refractivity contribution < 1.29 is 9.47 Å². The summed E-state index contributed by atoms with van der Waals surface area (Å²) in [6.45, 7) is 2.79. The fourth-order valence-electron chi connectivity index (χ4n) is 3.35. The molecule has 1 aromatic carbocycles. The van der Waals surface area contributed by atoms with E-state index in [1.807, 2.05) is 14.0 Å². The summed E-state index contributed by atoms with van der Waals surface area (Å²) in [6.07, 6.45) is 6.46. The smallest absolute Gasteiger partial charge is 0.128 e. The van der Waals surface area contributed by atoms with Gasteiger partial charge in [-0.2, -0.15) is 0 Å². The molecule has 20 heavy (non-hydrogen) atoms. The minimum atomic E-state index is 0.182. The van der Waals surface area contributed by atoms with Crippen LogP contribution in [0.2, 0.25) is 0 Å². The Labute approximate surface area is 121 Å². The molecule has 3 atom stereocenters. The molecule has 110 valence electrons. The van der Waals surface area contributed by atoms with Gasteiger partial charge in [0, 0.05) is 19.1 Å².